The van der Waals surface area contributed by atoms with Crippen molar-refractivity contribution in [3.63, 3.8) is 0 Å². The second kappa shape index (κ2) is 14.1. The Kier molecular flexibility index (Phi) is 12.6. The van der Waals surface area contributed by atoms with Crippen molar-refractivity contribution >= 4 is 29.9 Å². The quantitative estimate of drug-likeness (QED) is 0.316. The molecule has 1 aliphatic rings. The van der Waals surface area contributed by atoms with E-state index in [1.165, 1.54) is 11.1 Å². The molecule has 1 heterocycles. The fraction of sp³-hybridized carbons (Fsp3) is 0.650. The van der Waals surface area contributed by atoms with Crippen molar-refractivity contribution in [2.75, 3.05) is 33.5 Å². The lowest BCUT2D eigenvalue weighted by atomic mass is 10.1. The summed E-state index contributed by atoms with van der Waals surface area (Å²) in [6, 6.07) is 8.66. The summed E-state index contributed by atoms with van der Waals surface area (Å²) in [5.41, 5.74) is 2.37. The highest BCUT2D eigenvalue weighted by molar-refractivity contribution is 14.0. The number of rotatable bonds is 9. The molecule has 154 valence electrons. The lowest BCUT2D eigenvalue weighted by Gasteiger charge is -2.22. The number of nitrogens with one attached hydrogen (secondary N) is 2. The monoisotopic (exact) mass is 491 g/mol. The van der Waals surface area contributed by atoms with Gasteiger partial charge in [0.1, 0.15) is 0 Å². The third-order valence-electron chi connectivity index (χ3n) is 4.21. The maximum atomic E-state index is 6.01. The van der Waals surface area contributed by atoms with Crippen LogP contribution in [-0.2, 0) is 27.4 Å². The molecule has 0 aliphatic carbocycles. The third kappa shape index (κ3) is 9.73. The summed E-state index contributed by atoms with van der Waals surface area (Å²) in [7, 11) is 1.70. The van der Waals surface area contributed by atoms with Gasteiger partial charge in [-0.05, 0) is 37.8 Å². The van der Waals surface area contributed by atoms with E-state index in [9.17, 15) is 0 Å². The topological polar surface area (TPSA) is 64.1 Å². The summed E-state index contributed by atoms with van der Waals surface area (Å²) in [5, 5.41) is 6.62. The van der Waals surface area contributed by atoms with E-state index in [0.29, 0.717) is 25.9 Å². The number of nitrogens with zero attached hydrogens (tertiary/aromatic N) is 1. The summed E-state index contributed by atoms with van der Waals surface area (Å²) < 4.78 is 16.6. The van der Waals surface area contributed by atoms with Gasteiger partial charge in [0, 0.05) is 32.9 Å². The molecule has 2 N–H and O–H groups in total. The van der Waals surface area contributed by atoms with Gasteiger partial charge in [-0.1, -0.05) is 24.3 Å². The minimum atomic E-state index is 0. The SMILES string of the molecule is CCNC(=NCc1cccc(COC2CCOCC2)c1)NC(C)COC.I. The molecule has 1 saturated heterocycles. The summed E-state index contributed by atoms with van der Waals surface area (Å²) in [5.74, 6) is 0.806. The Morgan fingerprint density at radius 3 is 2.74 bits per heavy atom. The minimum Gasteiger partial charge on any atom is -0.383 e. The highest BCUT2D eigenvalue weighted by atomic mass is 127. The van der Waals surface area contributed by atoms with Gasteiger partial charge in [-0.15, -0.1) is 24.0 Å². The van der Waals surface area contributed by atoms with Crippen molar-refractivity contribution in [3.8, 4) is 0 Å². The van der Waals surface area contributed by atoms with Crippen molar-refractivity contribution in [2.24, 2.45) is 4.99 Å². The zero-order chi connectivity index (χ0) is 18.6. The second-order valence-corrected chi connectivity index (χ2v) is 6.64. The number of methoxy groups -OCH3 is 1. The van der Waals surface area contributed by atoms with Gasteiger partial charge in [0.25, 0.3) is 0 Å². The van der Waals surface area contributed by atoms with Crippen LogP contribution in [0.15, 0.2) is 29.3 Å². The lowest BCUT2D eigenvalue weighted by molar-refractivity contribution is -0.0390. The van der Waals surface area contributed by atoms with Gasteiger partial charge in [0.2, 0.25) is 0 Å². The number of aliphatic imine (C=N–C) groups is 1. The molecule has 7 heteroatoms. The van der Waals surface area contributed by atoms with Gasteiger partial charge in [-0.25, -0.2) is 4.99 Å². The van der Waals surface area contributed by atoms with Crippen LogP contribution in [0.1, 0.15) is 37.8 Å². The molecule has 0 aromatic heterocycles. The smallest absolute Gasteiger partial charge is 0.191 e. The zero-order valence-corrected chi connectivity index (χ0v) is 19.0. The van der Waals surface area contributed by atoms with Crippen LogP contribution in [-0.4, -0.2) is 51.6 Å². The first-order chi connectivity index (χ1) is 12.7. The zero-order valence-electron chi connectivity index (χ0n) is 16.7. The Labute approximate surface area is 180 Å². The van der Waals surface area contributed by atoms with E-state index < -0.39 is 0 Å². The molecule has 1 unspecified atom stereocenters. The number of benzene rings is 1. The minimum absolute atomic E-state index is 0. The Morgan fingerprint density at radius 1 is 1.30 bits per heavy atom. The van der Waals surface area contributed by atoms with E-state index in [1.807, 2.05) is 0 Å². The predicted octanol–water partition coefficient (Wildman–Crippen LogP) is 3.09. The molecular weight excluding hydrogens is 457 g/mol. The van der Waals surface area contributed by atoms with E-state index in [2.05, 4.69) is 53.7 Å². The van der Waals surface area contributed by atoms with Crippen molar-refractivity contribution in [1.82, 2.24) is 10.6 Å². The van der Waals surface area contributed by atoms with E-state index in [4.69, 9.17) is 14.2 Å². The molecule has 0 bridgehead atoms. The van der Waals surface area contributed by atoms with Gasteiger partial charge in [0.15, 0.2) is 5.96 Å². The molecular formula is C20H34IN3O3. The summed E-state index contributed by atoms with van der Waals surface area (Å²) in [6.45, 7) is 8.48. The van der Waals surface area contributed by atoms with Crippen molar-refractivity contribution in [2.45, 2.75) is 52.0 Å². The number of halogens is 1. The summed E-state index contributed by atoms with van der Waals surface area (Å²) in [6.07, 6.45) is 2.29. The molecule has 1 fully saturated rings. The molecule has 0 saturated carbocycles. The van der Waals surface area contributed by atoms with Crippen molar-refractivity contribution < 1.29 is 14.2 Å². The molecule has 0 amide bonds. The lowest BCUT2D eigenvalue weighted by Crippen LogP contribution is -2.43. The van der Waals surface area contributed by atoms with E-state index in [-0.39, 0.29) is 30.0 Å². The second-order valence-electron chi connectivity index (χ2n) is 6.64. The highest BCUT2D eigenvalue weighted by Crippen LogP contribution is 2.14. The number of ether oxygens (including phenoxy) is 3. The fourth-order valence-corrected chi connectivity index (χ4v) is 2.89. The van der Waals surface area contributed by atoms with Crippen LogP contribution >= 0.6 is 24.0 Å². The first kappa shape index (κ1) is 24.1. The van der Waals surface area contributed by atoms with Gasteiger partial charge >= 0.3 is 0 Å². The van der Waals surface area contributed by atoms with Crippen molar-refractivity contribution in [1.29, 1.82) is 0 Å². The first-order valence-electron chi connectivity index (χ1n) is 9.52. The Balaban J connectivity index is 0.00000364. The first-order valence-corrected chi connectivity index (χ1v) is 9.52. The van der Waals surface area contributed by atoms with Crippen LogP contribution in [0.2, 0.25) is 0 Å². The molecule has 0 spiro atoms. The normalized spacial score (nSPS) is 16.5. The van der Waals surface area contributed by atoms with E-state index in [0.717, 1.165) is 38.6 Å². The van der Waals surface area contributed by atoms with Crippen LogP contribution in [0.5, 0.6) is 0 Å². The predicted molar refractivity (Wildman–Crippen MR) is 120 cm³/mol. The Bertz CT molecular complexity index is 551. The van der Waals surface area contributed by atoms with Crippen LogP contribution in [0.3, 0.4) is 0 Å². The largest absolute Gasteiger partial charge is 0.383 e. The Hall–Kier alpha value is -0.900. The van der Waals surface area contributed by atoms with E-state index in [1.54, 1.807) is 7.11 Å². The maximum absolute atomic E-state index is 6.01. The Morgan fingerprint density at radius 2 is 2.04 bits per heavy atom. The van der Waals surface area contributed by atoms with Crippen LogP contribution in [0.4, 0.5) is 0 Å². The van der Waals surface area contributed by atoms with Crippen LogP contribution in [0, 0.1) is 0 Å². The van der Waals surface area contributed by atoms with Gasteiger partial charge < -0.3 is 24.8 Å². The maximum Gasteiger partial charge on any atom is 0.191 e. The third-order valence-corrected chi connectivity index (χ3v) is 4.21. The van der Waals surface area contributed by atoms with E-state index >= 15 is 0 Å². The summed E-state index contributed by atoms with van der Waals surface area (Å²) >= 11 is 0. The number of guanidine groups is 1. The standard InChI is InChI=1S/C20H33N3O3.HI/c1-4-21-20(23-16(2)14-24-3)22-13-17-6-5-7-18(12-17)15-26-19-8-10-25-11-9-19;/h5-7,12,16,19H,4,8-11,13-15H2,1-3H3,(H2,21,22,23);1H. The van der Waals surface area contributed by atoms with Gasteiger partial charge in [0.05, 0.1) is 25.9 Å². The summed E-state index contributed by atoms with van der Waals surface area (Å²) in [4.78, 5) is 4.68. The van der Waals surface area contributed by atoms with Crippen molar-refractivity contribution in [3.05, 3.63) is 35.4 Å². The molecule has 6 nitrogen and oxygen atoms in total. The van der Waals surface area contributed by atoms with Gasteiger partial charge in [-0.3, -0.25) is 0 Å². The average molecular weight is 491 g/mol. The highest BCUT2D eigenvalue weighted by Gasteiger charge is 2.14. The molecule has 1 aliphatic heterocycles. The molecule has 2 rings (SSSR count). The molecule has 1 aromatic rings. The number of hydrogen-bond donors (Lipinski definition) is 2. The average Bonchev–Trinajstić information content (AvgIpc) is 2.66. The molecule has 27 heavy (non-hydrogen) atoms. The molecule has 0 radical (unpaired) electrons. The van der Waals surface area contributed by atoms with Crippen LogP contribution in [0.25, 0.3) is 0 Å². The van der Waals surface area contributed by atoms with Crippen LogP contribution < -0.4 is 10.6 Å². The molecule has 1 aromatic carbocycles. The number of hydrogen-bond acceptors (Lipinski definition) is 4. The van der Waals surface area contributed by atoms with Gasteiger partial charge in [-0.2, -0.15) is 0 Å². The fourth-order valence-electron chi connectivity index (χ4n) is 2.89. The molecule has 1 atom stereocenters.